The molecule has 0 radical (unpaired) electrons. The first-order chi connectivity index (χ1) is 12.0. The molecular weight excluding hydrogens is 345 g/mol. The van der Waals surface area contributed by atoms with Crippen molar-refractivity contribution < 1.29 is 14.2 Å². The molecule has 7 heteroatoms. The number of pyridine rings is 1. The summed E-state index contributed by atoms with van der Waals surface area (Å²) >= 11 is 6.40. The maximum absolute atomic E-state index is 14.2. The fourth-order valence-electron chi connectivity index (χ4n) is 3.12. The summed E-state index contributed by atoms with van der Waals surface area (Å²) in [5.74, 6) is -0.333. The Bertz CT molecular complexity index is 922. The van der Waals surface area contributed by atoms with E-state index >= 15 is 0 Å². The number of hydrogen-bond acceptors (Lipinski definition) is 4. The molecule has 0 aliphatic carbocycles. The highest BCUT2D eigenvalue weighted by Crippen LogP contribution is 2.39. The van der Waals surface area contributed by atoms with E-state index in [1.54, 1.807) is 16.7 Å². The third-order valence-electron chi connectivity index (χ3n) is 4.40. The topological polar surface area (TPSA) is 60.2 Å². The molecule has 0 spiro atoms. The molecule has 0 unspecified atom stereocenters. The first-order valence-corrected chi connectivity index (χ1v) is 8.48. The average Bonchev–Trinajstić information content (AvgIpc) is 2.92. The molecule has 0 fully saturated rings. The van der Waals surface area contributed by atoms with E-state index in [1.165, 1.54) is 19.4 Å². The molecule has 0 aliphatic rings. The Labute approximate surface area is 150 Å². The smallest absolute Gasteiger partial charge is 0.296 e. The van der Waals surface area contributed by atoms with Gasteiger partial charge in [-0.2, -0.15) is 4.98 Å². The van der Waals surface area contributed by atoms with Gasteiger partial charge in [0.15, 0.2) is 17.2 Å². The van der Waals surface area contributed by atoms with Crippen molar-refractivity contribution in [1.82, 2.24) is 14.5 Å². The molecule has 5 nitrogen and oxygen atoms in total. The number of methoxy groups -OCH3 is 1. The lowest BCUT2D eigenvalue weighted by atomic mass is 10.0. The number of hydrogen-bond donors (Lipinski definition) is 1. The van der Waals surface area contributed by atoms with Crippen molar-refractivity contribution in [3.05, 3.63) is 35.2 Å². The second kappa shape index (κ2) is 6.88. The van der Waals surface area contributed by atoms with Crippen LogP contribution in [0.5, 0.6) is 11.8 Å². The lowest BCUT2D eigenvalue weighted by molar-refractivity contribution is 0.362. The first-order valence-electron chi connectivity index (χ1n) is 8.11. The molecule has 3 aromatic rings. The predicted molar refractivity (Wildman–Crippen MR) is 95.8 cm³/mol. The van der Waals surface area contributed by atoms with Gasteiger partial charge < -0.3 is 9.84 Å². The minimum Gasteiger partial charge on any atom is -0.494 e. The molecular formula is C18H19ClFN3O2. The van der Waals surface area contributed by atoms with E-state index in [0.29, 0.717) is 27.3 Å². The summed E-state index contributed by atoms with van der Waals surface area (Å²) in [5, 5.41) is 10.7. The van der Waals surface area contributed by atoms with Crippen molar-refractivity contribution in [3.8, 4) is 22.9 Å². The van der Waals surface area contributed by atoms with Gasteiger partial charge in [0, 0.05) is 17.8 Å². The summed E-state index contributed by atoms with van der Waals surface area (Å²) in [5.41, 5.74) is 2.14. The largest absolute Gasteiger partial charge is 0.494 e. The van der Waals surface area contributed by atoms with Crippen LogP contribution < -0.4 is 4.74 Å². The van der Waals surface area contributed by atoms with E-state index in [2.05, 4.69) is 9.97 Å². The van der Waals surface area contributed by atoms with Gasteiger partial charge in [0.05, 0.1) is 12.1 Å². The van der Waals surface area contributed by atoms with Gasteiger partial charge in [-0.25, -0.2) is 9.37 Å². The average molecular weight is 364 g/mol. The van der Waals surface area contributed by atoms with Crippen LogP contribution in [0, 0.1) is 5.82 Å². The van der Waals surface area contributed by atoms with Crippen LogP contribution in [0.2, 0.25) is 5.02 Å². The molecule has 0 aliphatic heterocycles. The highest BCUT2D eigenvalue weighted by atomic mass is 35.5. The maximum atomic E-state index is 14.2. The third-order valence-corrected chi connectivity index (χ3v) is 4.68. The Morgan fingerprint density at radius 1 is 1.32 bits per heavy atom. The summed E-state index contributed by atoms with van der Waals surface area (Å²) in [4.78, 5) is 8.36. The van der Waals surface area contributed by atoms with Gasteiger partial charge in [0.2, 0.25) is 0 Å². The molecule has 1 N–H and O–H groups in total. The Balaban J connectivity index is 2.34. The summed E-state index contributed by atoms with van der Waals surface area (Å²) in [6.07, 6.45) is 3.07. The van der Waals surface area contributed by atoms with Crippen molar-refractivity contribution in [1.29, 1.82) is 0 Å². The number of imidazole rings is 1. The second-order valence-electron chi connectivity index (χ2n) is 5.75. The van der Waals surface area contributed by atoms with Gasteiger partial charge in [-0.1, -0.05) is 31.5 Å². The number of aromatic nitrogens is 3. The molecule has 0 saturated carbocycles. The van der Waals surface area contributed by atoms with E-state index in [4.69, 9.17) is 16.3 Å². The van der Waals surface area contributed by atoms with Gasteiger partial charge in [-0.3, -0.25) is 4.57 Å². The molecule has 0 amide bonds. The second-order valence-corrected chi connectivity index (χ2v) is 6.16. The van der Waals surface area contributed by atoms with Crippen LogP contribution in [0.25, 0.3) is 22.3 Å². The minimum absolute atomic E-state index is 0.0344. The fraction of sp³-hybridized carbons (Fsp3) is 0.333. The molecule has 0 atom stereocenters. The van der Waals surface area contributed by atoms with Gasteiger partial charge >= 0.3 is 0 Å². The summed E-state index contributed by atoms with van der Waals surface area (Å²) < 4.78 is 20.9. The van der Waals surface area contributed by atoms with Gasteiger partial charge in [0.1, 0.15) is 5.52 Å². The lowest BCUT2D eigenvalue weighted by Crippen LogP contribution is -2.07. The molecule has 132 valence electrons. The summed E-state index contributed by atoms with van der Waals surface area (Å²) in [6, 6.07) is 4.55. The van der Waals surface area contributed by atoms with E-state index in [0.717, 1.165) is 12.8 Å². The Kier molecular flexibility index (Phi) is 4.81. The Morgan fingerprint density at radius 3 is 2.64 bits per heavy atom. The Hall–Kier alpha value is -2.34. The molecule has 2 aromatic heterocycles. The lowest BCUT2D eigenvalue weighted by Gasteiger charge is -2.18. The highest BCUT2D eigenvalue weighted by Gasteiger charge is 2.23. The SMILES string of the molecule is CCC(CC)n1c(O)nc2ncc(Cl)c(-c3ccc(OC)c(F)c3)c21. The zero-order chi connectivity index (χ0) is 18.1. The molecule has 2 heterocycles. The van der Waals surface area contributed by atoms with E-state index in [1.807, 2.05) is 13.8 Å². The zero-order valence-electron chi connectivity index (χ0n) is 14.3. The van der Waals surface area contributed by atoms with Crippen molar-refractivity contribution in [2.24, 2.45) is 0 Å². The zero-order valence-corrected chi connectivity index (χ0v) is 15.0. The van der Waals surface area contributed by atoms with E-state index in [-0.39, 0.29) is 17.8 Å². The number of aromatic hydroxyl groups is 1. The number of nitrogens with zero attached hydrogens (tertiary/aromatic N) is 3. The monoisotopic (exact) mass is 363 g/mol. The molecule has 25 heavy (non-hydrogen) atoms. The number of rotatable bonds is 5. The third kappa shape index (κ3) is 2.91. The minimum atomic E-state index is -0.487. The molecule has 0 bridgehead atoms. The van der Waals surface area contributed by atoms with Crippen LogP contribution in [0.4, 0.5) is 4.39 Å². The van der Waals surface area contributed by atoms with Crippen LogP contribution >= 0.6 is 11.6 Å². The van der Waals surface area contributed by atoms with Crippen LogP contribution in [-0.2, 0) is 0 Å². The van der Waals surface area contributed by atoms with Gasteiger partial charge in [-0.15, -0.1) is 0 Å². The van der Waals surface area contributed by atoms with Crippen LogP contribution in [0.3, 0.4) is 0 Å². The summed E-state index contributed by atoms with van der Waals surface area (Å²) in [7, 11) is 1.41. The van der Waals surface area contributed by atoms with Crippen molar-refractivity contribution in [2.75, 3.05) is 7.11 Å². The molecule has 1 aromatic carbocycles. The Morgan fingerprint density at radius 2 is 2.04 bits per heavy atom. The van der Waals surface area contributed by atoms with Gasteiger partial charge in [0.25, 0.3) is 6.01 Å². The number of halogens is 2. The number of ether oxygens (including phenoxy) is 1. The van der Waals surface area contributed by atoms with E-state index < -0.39 is 5.82 Å². The number of fused-ring (bicyclic) bond motifs is 1. The van der Waals surface area contributed by atoms with Crippen molar-refractivity contribution in [3.63, 3.8) is 0 Å². The molecule has 0 saturated heterocycles. The highest BCUT2D eigenvalue weighted by molar-refractivity contribution is 6.34. The van der Waals surface area contributed by atoms with Crippen LogP contribution in [0.15, 0.2) is 24.4 Å². The normalized spacial score (nSPS) is 11.4. The maximum Gasteiger partial charge on any atom is 0.296 e. The van der Waals surface area contributed by atoms with Crippen molar-refractivity contribution in [2.45, 2.75) is 32.7 Å². The summed E-state index contributed by atoms with van der Waals surface area (Å²) in [6.45, 7) is 4.06. The number of benzene rings is 1. The van der Waals surface area contributed by atoms with E-state index in [9.17, 15) is 9.50 Å². The quantitative estimate of drug-likeness (QED) is 0.695. The molecule has 3 rings (SSSR count). The van der Waals surface area contributed by atoms with Crippen molar-refractivity contribution >= 4 is 22.8 Å². The fourth-order valence-corrected chi connectivity index (χ4v) is 3.37. The van der Waals surface area contributed by atoms with Gasteiger partial charge in [-0.05, 0) is 30.5 Å². The predicted octanol–water partition coefficient (Wildman–Crippen LogP) is 4.97. The van der Waals surface area contributed by atoms with Crippen LogP contribution in [0.1, 0.15) is 32.7 Å². The standard InChI is InChI=1S/C18H19ClFN3O2/c1-4-11(5-2)23-16-15(10-6-7-14(25-3)13(20)8-10)12(19)9-21-17(16)22-18(23)24/h6-9,11H,4-5H2,1-3H3,(H,21,22,24). The first kappa shape index (κ1) is 17.5. The van der Waals surface area contributed by atoms with Crippen LogP contribution in [-0.4, -0.2) is 26.8 Å².